The van der Waals surface area contributed by atoms with Crippen molar-refractivity contribution in [2.24, 2.45) is 16.6 Å². The van der Waals surface area contributed by atoms with E-state index in [2.05, 4.69) is 11.6 Å². The number of allylic oxidation sites excluding steroid dienone is 2. The highest BCUT2D eigenvalue weighted by Crippen LogP contribution is 2.06. The van der Waals surface area contributed by atoms with Crippen molar-refractivity contribution in [1.82, 2.24) is 0 Å². The molecule has 2 N–H and O–H groups in total. The Morgan fingerprint density at radius 3 is 2.60 bits per heavy atom. The highest BCUT2D eigenvalue weighted by Gasteiger charge is 1.93. The number of hydrogen-bond acceptors (Lipinski definition) is 2. The second-order valence-corrected chi connectivity index (χ2v) is 2.31. The van der Waals surface area contributed by atoms with E-state index < -0.39 is 0 Å². The van der Waals surface area contributed by atoms with Crippen LogP contribution in [0.4, 0.5) is 0 Å². The SMILES string of the molecule is C=C(N=C/C=C\N)C(C)C. The Labute approximate surface area is 62.1 Å². The van der Waals surface area contributed by atoms with E-state index in [1.165, 1.54) is 6.20 Å². The third-order valence-electron chi connectivity index (χ3n) is 1.10. The van der Waals surface area contributed by atoms with E-state index in [1.807, 2.05) is 13.8 Å². The molecule has 0 amide bonds. The molecule has 0 rings (SSSR count). The highest BCUT2D eigenvalue weighted by atomic mass is 14.7. The molecule has 0 aliphatic carbocycles. The molecular weight excluding hydrogens is 124 g/mol. The van der Waals surface area contributed by atoms with Crippen molar-refractivity contribution in [1.29, 1.82) is 0 Å². The molecule has 0 spiro atoms. The molecule has 0 aliphatic rings. The van der Waals surface area contributed by atoms with Crippen LogP contribution in [0.3, 0.4) is 0 Å². The average molecular weight is 138 g/mol. The fourth-order valence-electron chi connectivity index (χ4n) is 0.338. The third-order valence-corrected chi connectivity index (χ3v) is 1.10. The first-order valence-corrected chi connectivity index (χ1v) is 3.28. The summed E-state index contributed by atoms with van der Waals surface area (Å²) >= 11 is 0. The summed E-state index contributed by atoms with van der Waals surface area (Å²) in [6, 6.07) is 0. The monoisotopic (exact) mass is 138 g/mol. The summed E-state index contributed by atoms with van der Waals surface area (Å²) in [5, 5.41) is 0. The molecular formula is C8H14N2. The first-order chi connectivity index (χ1) is 4.68. The highest BCUT2D eigenvalue weighted by molar-refractivity contribution is 5.71. The molecule has 0 aromatic heterocycles. The minimum atomic E-state index is 0.405. The lowest BCUT2D eigenvalue weighted by Crippen LogP contribution is -1.88. The van der Waals surface area contributed by atoms with Gasteiger partial charge >= 0.3 is 0 Å². The summed E-state index contributed by atoms with van der Waals surface area (Å²) < 4.78 is 0. The van der Waals surface area contributed by atoms with Crippen LogP contribution in [-0.4, -0.2) is 6.21 Å². The fraction of sp³-hybridized carbons (Fsp3) is 0.375. The zero-order valence-electron chi connectivity index (χ0n) is 6.54. The summed E-state index contributed by atoms with van der Waals surface area (Å²) in [6.07, 6.45) is 4.76. The summed E-state index contributed by atoms with van der Waals surface area (Å²) in [5.74, 6) is 0.405. The Kier molecular flexibility index (Phi) is 4.29. The number of rotatable bonds is 3. The van der Waals surface area contributed by atoms with Crippen LogP contribution in [0.25, 0.3) is 0 Å². The van der Waals surface area contributed by atoms with Gasteiger partial charge in [0.1, 0.15) is 0 Å². The van der Waals surface area contributed by atoms with Crippen LogP contribution < -0.4 is 5.73 Å². The zero-order chi connectivity index (χ0) is 7.98. The molecule has 0 unspecified atom stereocenters. The smallest absolute Gasteiger partial charge is 0.0357 e. The van der Waals surface area contributed by atoms with E-state index >= 15 is 0 Å². The molecule has 0 aromatic rings. The van der Waals surface area contributed by atoms with Gasteiger partial charge in [-0.2, -0.15) is 0 Å². The van der Waals surface area contributed by atoms with Gasteiger partial charge in [0.25, 0.3) is 0 Å². The predicted molar refractivity (Wildman–Crippen MR) is 45.8 cm³/mol. The van der Waals surface area contributed by atoms with Gasteiger partial charge in [-0.25, -0.2) is 0 Å². The van der Waals surface area contributed by atoms with Crippen LogP contribution in [0.1, 0.15) is 13.8 Å². The quantitative estimate of drug-likeness (QED) is 0.592. The van der Waals surface area contributed by atoms with Crippen LogP contribution in [0, 0.1) is 5.92 Å². The van der Waals surface area contributed by atoms with Crippen LogP contribution in [0.5, 0.6) is 0 Å². The average Bonchev–Trinajstić information content (AvgIpc) is 1.88. The molecule has 0 heterocycles. The largest absolute Gasteiger partial charge is 0.405 e. The van der Waals surface area contributed by atoms with Gasteiger partial charge < -0.3 is 5.73 Å². The van der Waals surface area contributed by atoms with Crippen molar-refractivity contribution in [2.75, 3.05) is 0 Å². The van der Waals surface area contributed by atoms with E-state index in [4.69, 9.17) is 5.73 Å². The Bertz CT molecular complexity index is 155. The molecule has 10 heavy (non-hydrogen) atoms. The van der Waals surface area contributed by atoms with Crippen molar-refractivity contribution in [3.63, 3.8) is 0 Å². The topological polar surface area (TPSA) is 38.4 Å². The lowest BCUT2D eigenvalue weighted by molar-refractivity contribution is 0.763. The summed E-state index contributed by atoms with van der Waals surface area (Å²) in [7, 11) is 0. The Morgan fingerprint density at radius 1 is 1.60 bits per heavy atom. The second-order valence-electron chi connectivity index (χ2n) is 2.31. The Morgan fingerprint density at radius 2 is 2.20 bits per heavy atom. The Balaban J connectivity index is 3.78. The van der Waals surface area contributed by atoms with Crippen molar-refractivity contribution in [2.45, 2.75) is 13.8 Å². The number of nitrogens with two attached hydrogens (primary N) is 1. The molecule has 0 fully saturated rings. The van der Waals surface area contributed by atoms with Crippen molar-refractivity contribution in [3.8, 4) is 0 Å². The Hall–Kier alpha value is -1.05. The van der Waals surface area contributed by atoms with Crippen LogP contribution >= 0.6 is 0 Å². The van der Waals surface area contributed by atoms with E-state index in [9.17, 15) is 0 Å². The normalized spacial score (nSPS) is 11.9. The second kappa shape index (κ2) is 4.79. The standard InChI is InChI=1S/C8H14N2/c1-7(2)8(3)10-6-4-5-9/h4-7H,3,9H2,1-2H3/b5-4-,10-6?. The molecule has 0 saturated heterocycles. The van der Waals surface area contributed by atoms with Gasteiger partial charge in [0.15, 0.2) is 0 Å². The maximum absolute atomic E-state index is 5.09. The molecule has 0 aliphatic heterocycles. The van der Waals surface area contributed by atoms with E-state index in [1.54, 1.807) is 12.3 Å². The molecule has 56 valence electrons. The molecule has 0 saturated carbocycles. The lowest BCUT2D eigenvalue weighted by Gasteiger charge is -1.99. The minimum absolute atomic E-state index is 0.405. The van der Waals surface area contributed by atoms with Gasteiger partial charge in [-0.1, -0.05) is 20.4 Å². The maximum Gasteiger partial charge on any atom is 0.0357 e. The number of aliphatic imine (C=N–C) groups is 1. The zero-order valence-corrected chi connectivity index (χ0v) is 6.54. The van der Waals surface area contributed by atoms with Crippen LogP contribution in [-0.2, 0) is 0 Å². The molecule has 2 heteroatoms. The number of hydrogen-bond donors (Lipinski definition) is 1. The maximum atomic E-state index is 5.09. The molecule has 0 bridgehead atoms. The van der Waals surface area contributed by atoms with E-state index in [0.717, 1.165) is 5.70 Å². The first kappa shape index (κ1) is 8.95. The van der Waals surface area contributed by atoms with E-state index in [0.29, 0.717) is 5.92 Å². The van der Waals surface area contributed by atoms with Gasteiger partial charge in [-0.3, -0.25) is 4.99 Å². The van der Waals surface area contributed by atoms with Gasteiger partial charge in [0.2, 0.25) is 0 Å². The lowest BCUT2D eigenvalue weighted by atomic mass is 10.2. The van der Waals surface area contributed by atoms with Crippen molar-refractivity contribution < 1.29 is 0 Å². The number of nitrogens with zero attached hydrogens (tertiary/aromatic N) is 1. The van der Waals surface area contributed by atoms with Crippen LogP contribution in [0.2, 0.25) is 0 Å². The van der Waals surface area contributed by atoms with Gasteiger partial charge in [-0.15, -0.1) is 0 Å². The first-order valence-electron chi connectivity index (χ1n) is 3.28. The van der Waals surface area contributed by atoms with E-state index in [-0.39, 0.29) is 0 Å². The third kappa shape index (κ3) is 3.89. The van der Waals surface area contributed by atoms with Crippen molar-refractivity contribution >= 4 is 6.21 Å². The fourth-order valence-corrected chi connectivity index (χ4v) is 0.338. The van der Waals surface area contributed by atoms with Crippen LogP contribution in [0.15, 0.2) is 29.5 Å². The van der Waals surface area contributed by atoms with Gasteiger partial charge in [0, 0.05) is 11.9 Å². The summed E-state index contributed by atoms with van der Waals surface area (Å²) in [4.78, 5) is 4.03. The minimum Gasteiger partial charge on any atom is -0.405 e. The van der Waals surface area contributed by atoms with Gasteiger partial charge in [0.05, 0.1) is 0 Å². The molecule has 0 atom stereocenters. The molecule has 0 aromatic carbocycles. The molecule has 2 nitrogen and oxygen atoms in total. The summed E-state index contributed by atoms with van der Waals surface area (Å²) in [6.45, 7) is 7.85. The van der Waals surface area contributed by atoms with Gasteiger partial charge in [-0.05, 0) is 18.2 Å². The van der Waals surface area contributed by atoms with Crippen molar-refractivity contribution in [3.05, 3.63) is 24.6 Å². The molecule has 0 radical (unpaired) electrons. The summed E-state index contributed by atoms with van der Waals surface area (Å²) in [5.41, 5.74) is 5.96. The predicted octanol–water partition coefficient (Wildman–Crippen LogP) is 1.70.